The Bertz CT molecular complexity index is 348. The minimum Gasteiger partial charge on any atom is -0.372 e. The van der Waals surface area contributed by atoms with Crippen LogP contribution < -0.4 is 5.73 Å². The molecule has 0 fully saturated rings. The van der Waals surface area contributed by atoms with Crippen molar-refractivity contribution in [3.05, 3.63) is 48.0 Å². The average molecular weight is 203 g/mol. The quantitative estimate of drug-likeness (QED) is 0.764. The molecule has 2 N–H and O–H groups in total. The van der Waals surface area contributed by atoms with Crippen LogP contribution in [0.4, 0.5) is 0 Å². The number of hydrogen-bond acceptors (Lipinski definition) is 2. The van der Waals surface area contributed by atoms with Crippen molar-refractivity contribution < 1.29 is 4.74 Å². The minimum atomic E-state index is 0.0175. The van der Waals surface area contributed by atoms with E-state index in [-0.39, 0.29) is 12.1 Å². The largest absolute Gasteiger partial charge is 0.372 e. The lowest BCUT2D eigenvalue weighted by atomic mass is 9.92. The standard InChI is InChI=1S/C13H17NO/c1-2-5-12(14)13-11-7-4-3-6-10(11)8-9-15-13/h2-4,6-7,12-13H,1,5,8-9,14H2. The normalized spacial score (nSPS) is 21.8. The Hall–Kier alpha value is -1.12. The summed E-state index contributed by atoms with van der Waals surface area (Å²) in [7, 11) is 0. The SMILES string of the molecule is C=CCC(N)C1OCCc2ccccc21. The first-order valence-corrected chi connectivity index (χ1v) is 5.39. The van der Waals surface area contributed by atoms with E-state index in [1.165, 1.54) is 11.1 Å². The number of fused-ring (bicyclic) bond motifs is 1. The second kappa shape index (κ2) is 4.60. The van der Waals surface area contributed by atoms with Crippen LogP contribution in [0.1, 0.15) is 23.7 Å². The average Bonchev–Trinajstić information content (AvgIpc) is 2.28. The Kier molecular flexibility index (Phi) is 3.19. The van der Waals surface area contributed by atoms with E-state index >= 15 is 0 Å². The van der Waals surface area contributed by atoms with Crippen molar-refractivity contribution in [2.24, 2.45) is 5.73 Å². The fourth-order valence-electron chi connectivity index (χ4n) is 2.10. The highest BCUT2D eigenvalue weighted by atomic mass is 16.5. The second-order valence-electron chi connectivity index (χ2n) is 3.93. The van der Waals surface area contributed by atoms with Crippen molar-refractivity contribution in [2.75, 3.05) is 6.61 Å². The lowest BCUT2D eigenvalue weighted by molar-refractivity contribution is 0.0252. The lowest BCUT2D eigenvalue weighted by Crippen LogP contribution is -2.33. The van der Waals surface area contributed by atoms with Crippen LogP contribution in [-0.2, 0) is 11.2 Å². The summed E-state index contributed by atoms with van der Waals surface area (Å²) in [6.07, 6.45) is 3.67. The van der Waals surface area contributed by atoms with E-state index in [1.54, 1.807) is 0 Å². The number of rotatable bonds is 3. The van der Waals surface area contributed by atoms with Crippen molar-refractivity contribution in [2.45, 2.75) is 25.0 Å². The topological polar surface area (TPSA) is 35.2 Å². The summed E-state index contributed by atoms with van der Waals surface area (Å²) in [4.78, 5) is 0. The van der Waals surface area contributed by atoms with E-state index in [0.29, 0.717) is 0 Å². The van der Waals surface area contributed by atoms with E-state index in [2.05, 4.69) is 24.8 Å². The molecule has 1 aromatic rings. The maximum atomic E-state index is 6.08. The zero-order chi connectivity index (χ0) is 10.7. The molecule has 0 spiro atoms. The van der Waals surface area contributed by atoms with Crippen LogP contribution in [0.25, 0.3) is 0 Å². The molecule has 1 aromatic carbocycles. The molecule has 1 aliphatic rings. The van der Waals surface area contributed by atoms with Gasteiger partial charge in [-0.25, -0.2) is 0 Å². The predicted molar refractivity (Wildman–Crippen MR) is 61.6 cm³/mol. The molecule has 15 heavy (non-hydrogen) atoms. The molecule has 0 amide bonds. The molecule has 0 saturated carbocycles. The summed E-state index contributed by atoms with van der Waals surface area (Å²) < 4.78 is 5.75. The monoisotopic (exact) mass is 203 g/mol. The third kappa shape index (κ3) is 2.11. The number of nitrogens with two attached hydrogens (primary N) is 1. The fourth-order valence-corrected chi connectivity index (χ4v) is 2.10. The van der Waals surface area contributed by atoms with Gasteiger partial charge in [-0.15, -0.1) is 6.58 Å². The van der Waals surface area contributed by atoms with Crippen LogP contribution in [0, 0.1) is 0 Å². The molecule has 2 rings (SSSR count). The molecule has 1 aliphatic heterocycles. The van der Waals surface area contributed by atoms with Gasteiger partial charge < -0.3 is 10.5 Å². The molecule has 0 bridgehead atoms. The predicted octanol–water partition coefficient (Wildman–Crippen LogP) is 2.20. The van der Waals surface area contributed by atoms with Crippen molar-refractivity contribution in [1.82, 2.24) is 0 Å². The van der Waals surface area contributed by atoms with Crippen LogP contribution in [0.2, 0.25) is 0 Å². The lowest BCUT2D eigenvalue weighted by Gasteiger charge is -2.30. The summed E-state index contributed by atoms with van der Waals surface area (Å²) >= 11 is 0. The van der Waals surface area contributed by atoms with E-state index in [1.807, 2.05) is 12.1 Å². The van der Waals surface area contributed by atoms with Gasteiger partial charge in [0.25, 0.3) is 0 Å². The smallest absolute Gasteiger partial charge is 0.0981 e. The van der Waals surface area contributed by atoms with Crippen molar-refractivity contribution in [3.8, 4) is 0 Å². The van der Waals surface area contributed by atoms with Crippen molar-refractivity contribution in [1.29, 1.82) is 0 Å². The molecular weight excluding hydrogens is 186 g/mol. The van der Waals surface area contributed by atoms with E-state index < -0.39 is 0 Å². The Morgan fingerprint density at radius 1 is 1.53 bits per heavy atom. The third-order valence-electron chi connectivity index (χ3n) is 2.86. The van der Waals surface area contributed by atoms with Gasteiger partial charge in [0.15, 0.2) is 0 Å². The van der Waals surface area contributed by atoms with Gasteiger partial charge in [-0.2, -0.15) is 0 Å². The summed E-state index contributed by atoms with van der Waals surface area (Å²) in [5.74, 6) is 0. The highest BCUT2D eigenvalue weighted by molar-refractivity contribution is 5.31. The Morgan fingerprint density at radius 3 is 3.13 bits per heavy atom. The van der Waals surface area contributed by atoms with Gasteiger partial charge in [0.1, 0.15) is 0 Å². The fraction of sp³-hybridized carbons (Fsp3) is 0.385. The summed E-state index contributed by atoms with van der Waals surface area (Å²) in [5.41, 5.74) is 8.69. The van der Waals surface area contributed by atoms with Crippen molar-refractivity contribution >= 4 is 0 Å². The first kappa shape index (κ1) is 10.4. The highest BCUT2D eigenvalue weighted by Gasteiger charge is 2.25. The number of ether oxygens (including phenoxy) is 1. The Labute approximate surface area is 90.7 Å². The molecule has 1 heterocycles. The van der Waals surface area contributed by atoms with Gasteiger partial charge in [0.2, 0.25) is 0 Å². The molecule has 2 nitrogen and oxygen atoms in total. The summed E-state index contributed by atoms with van der Waals surface area (Å²) in [6.45, 7) is 4.49. The van der Waals surface area contributed by atoms with Gasteiger partial charge in [-0.1, -0.05) is 30.3 Å². The van der Waals surface area contributed by atoms with Crippen LogP contribution in [0.3, 0.4) is 0 Å². The number of benzene rings is 1. The highest BCUT2D eigenvalue weighted by Crippen LogP contribution is 2.29. The summed E-state index contributed by atoms with van der Waals surface area (Å²) in [6, 6.07) is 8.40. The number of hydrogen-bond donors (Lipinski definition) is 1. The first-order valence-electron chi connectivity index (χ1n) is 5.39. The second-order valence-corrected chi connectivity index (χ2v) is 3.93. The summed E-state index contributed by atoms with van der Waals surface area (Å²) in [5, 5.41) is 0. The van der Waals surface area contributed by atoms with Crippen LogP contribution >= 0.6 is 0 Å². The van der Waals surface area contributed by atoms with Crippen LogP contribution in [0.15, 0.2) is 36.9 Å². The molecule has 2 atom stereocenters. The van der Waals surface area contributed by atoms with Gasteiger partial charge in [0, 0.05) is 6.04 Å². The zero-order valence-corrected chi connectivity index (χ0v) is 8.86. The van der Waals surface area contributed by atoms with Gasteiger partial charge in [0.05, 0.1) is 12.7 Å². The van der Waals surface area contributed by atoms with Gasteiger partial charge in [-0.05, 0) is 24.0 Å². The van der Waals surface area contributed by atoms with Gasteiger partial charge in [-0.3, -0.25) is 0 Å². The maximum Gasteiger partial charge on any atom is 0.0981 e. The Balaban J connectivity index is 2.25. The molecule has 2 unspecified atom stereocenters. The molecular formula is C13H17NO. The zero-order valence-electron chi connectivity index (χ0n) is 8.86. The minimum absolute atomic E-state index is 0.0175. The van der Waals surface area contributed by atoms with Crippen LogP contribution in [0.5, 0.6) is 0 Å². The van der Waals surface area contributed by atoms with E-state index in [9.17, 15) is 0 Å². The van der Waals surface area contributed by atoms with E-state index in [0.717, 1.165) is 19.4 Å². The Morgan fingerprint density at radius 2 is 2.33 bits per heavy atom. The molecule has 0 radical (unpaired) electrons. The van der Waals surface area contributed by atoms with Crippen LogP contribution in [-0.4, -0.2) is 12.6 Å². The van der Waals surface area contributed by atoms with E-state index in [4.69, 9.17) is 10.5 Å². The first-order chi connectivity index (χ1) is 7.33. The third-order valence-corrected chi connectivity index (χ3v) is 2.86. The van der Waals surface area contributed by atoms with Gasteiger partial charge >= 0.3 is 0 Å². The molecule has 0 aliphatic carbocycles. The maximum absolute atomic E-state index is 6.08. The molecule has 0 saturated heterocycles. The molecule has 2 heteroatoms. The molecule has 80 valence electrons. The molecule has 0 aromatic heterocycles. The van der Waals surface area contributed by atoms with Crippen molar-refractivity contribution in [3.63, 3.8) is 0 Å².